The van der Waals surface area contributed by atoms with Crippen molar-refractivity contribution in [2.75, 3.05) is 12.3 Å². The molecule has 0 bridgehead atoms. The number of nitrogens with zero attached hydrogens (tertiary/aromatic N) is 2. The lowest BCUT2D eigenvalue weighted by molar-refractivity contribution is 0.247. The van der Waals surface area contributed by atoms with Crippen molar-refractivity contribution >= 4 is 16.5 Å². The average molecular weight is 321 g/mol. The molecule has 4 rings (SSSR count). The molecule has 0 saturated heterocycles. The zero-order valence-corrected chi connectivity index (χ0v) is 13.7. The average Bonchev–Trinajstić information content (AvgIpc) is 2.95. The Morgan fingerprint density at radius 3 is 2.74 bits per heavy atom. The van der Waals surface area contributed by atoms with Crippen molar-refractivity contribution in [3.63, 3.8) is 0 Å². The summed E-state index contributed by atoms with van der Waals surface area (Å²) >= 11 is 1.63. The Hall–Kier alpha value is -2.17. The molecule has 1 aliphatic rings. The molecular formula is C19H19N3S. The summed E-state index contributed by atoms with van der Waals surface area (Å²) in [5.41, 5.74) is 10.9. The van der Waals surface area contributed by atoms with Gasteiger partial charge in [0.1, 0.15) is 0 Å². The van der Waals surface area contributed by atoms with Crippen molar-refractivity contribution < 1.29 is 0 Å². The molecule has 2 heterocycles. The normalized spacial score (nSPS) is 14.6. The molecule has 0 radical (unpaired) electrons. The minimum atomic E-state index is 0.697. The maximum absolute atomic E-state index is 5.83. The van der Waals surface area contributed by atoms with Crippen LogP contribution < -0.4 is 5.73 Å². The third kappa shape index (κ3) is 3.14. The lowest BCUT2D eigenvalue weighted by atomic mass is 10.0. The smallest absolute Gasteiger partial charge is 0.180 e. The van der Waals surface area contributed by atoms with E-state index in [9.17, 15) is 0 Å². The van der Waals surface area contributed by atoms with Crippen LogP contribution in [0.3, 0.4) is 0 Å². The molecule has 3 nitrogen and oxygen atoms in total. The Labute approximate surface area is 140 Å². The van der Waals surface area contributed by atoms with Gasteiger partial charge in [0, 0.05) is 30.9 Å². The Bertz CT molecular complexity index is 810. The van der Waals surface area contributed by atoms with E-state index in [1.807, 2.05) is 0 Å². The van der Waals surface area contributed by atoms with Gasteiger partial charge in [0.15, 0.2) is 5.13 Å². The van der Waals surface area contributed by atoms with Crippen LogP contribution in [0.2, 0.25) is 0 Å². The molecule has 0 amide bonds. The number of nitrogen functional groups attached to an aromatic ring is 1. The summed E-state index contributed by atoms with van der Waals surface area (Å²) in [5, 5.41) is 0.697. The van der Waals surface area contributed by atoms with E-state index >= 15 is 0 Å². The van der Waals surface area contributed by atoms with E-state index in [-0.39, 0.29) is 0 Å². The summed E-state index contributed by atoms with van der Waals surface area (Å²) in [6, 6.07) is 19.4. The Kier molecular flexibility index (Phi) is 3.85. The lowest BCUT2D eigenvalue weighted by Crippen LogP contribution is -2.29. The molecule has 1 aliphatic heterocycles. The van der Waals surface area contributed by atoms with Gasteiger partial charge in [0.05, 0.1) is 5.69 Å². The first-order chi connectivity index (χ1) is 11.3. The minimum Gasteiger partial charge on any atom is -0.375 e. The first-order valence-corrected chi connectivity index (χ1v) is 8.70. The van der Waals surface area contributed by atoms with Gasteiger partial charge in [-0.25, -0.2) is 4.98 Å². The third-order valence-corrected chi connectivity index (χ3v) is 5.18. The summed E-state index contributed by atoms with van der Waals surface area (Å²) in [4.78, 5) is 8.22. The first-order valence-electron chi connectivity index (χ1n) is 7.89. The highest BCUT2D eigenvalue weighted by molar-refractivity contribution is 7.15. The standard InChI is InChI=1S/C19H19N3S/c20-19-21-17-9-10-22(13-18(17)23-19)12-14-5-4-8-16(11-14)15-6-2-1-3-7-15/h1-8,11H,9-10,12-13H2,(H2,20,21). The highest BCUT2D eigenvalue weighted by Gasteiger charge is 2.20. The van der Waals surface area contributed by atoms with Crippen LogP contribution in [0.4, 0.5) is 5.13 Å². The maximum atomic E-state index is 5.83. The predicted molar refractivity (Wildman–Crippen MR) is 96.2 cm³/mol. The topological polar surface area (TPSA) is 42.1 Å². The number of nitrogens with two attached hydrogens (primary N) is 1. The van der Waals surface area contributed by atoms with Crippen molar-refractivity contribution in [3.05, 3.63) is 70.7 Å². The Morgan fingerprint density at radius 2 is 1.87 bits per heavy atom. The van der Waals surface area contributed by atoms with Gasteiger partial charge in [-0.05, 0) is 22.8 Å². The third-order valence-electron chi connectivity index (χ3n) is 4.27. The number of hydrogen-bond acceptors (Lipinski definition) is 4. The first kappa shape index (κ1) is 14.4. The van der Waals surface area contributed by atoms with Crippen LogP contribution in [0.15, 0.2) is 54.6 Å². The van der Waals surface area contributed by atoms with Gasteiger partial charge in [-0.1, -0.05) is 48.5 Å². The number of rotatable bonds is 3. The van der Waals surface area contributed by atoms with Crippen LogP contribution in [0.5, 0.6) is 0 Å². The van der Waals surface area contributed by atoms with Crippen molar-refractivity contribution in [1.29, 1.82) is 0 Å². The van der Waals surface area contributed by atoms with E-state index in [0.29, 0.717) is 5.13 Å². The molecule has 0 fully saturated rings. The van der Waals surface area contributed by atoms with E-state index in [1.165, 1.54) is 27.3 Å². The SMILES string of the molecule is Nc1nc2c(s1)CN(Cc1cccc(-c3ccccc3)c1)CC2. The number of fused-ring (bicyclic) bond motifs is 1. The monoisotopic (exact) mass is 321 g/mol. The quantitative estimate of drug-likeness (QED) is 0.794. The molecule has 0 spiro atoms. The fourth-order valence-corrected chi connectivity index (χ4v) is 4.06. The zero-order chi connectivity index (χ0) is 15.6. The highest BCUT2D eigenvalue weighted by atomic mass is 32.1. The molecule has 4 heteroatoms. The van der Waals surface area contributed by atoms with Crippen molar-refractivity contribution in [1.82, 2.24) is 9.88 Å². The van der Waals surface area contributed by atoms with Gasteiger partial charge < -0.3 is 5.73 Å². The largest absolute Gasteiger partial charge is 0.375 e. The number of hydrogen-bond donors (Lipinski definition) is 1. The van der Waals surface area contributed by atoms with Crippen LogP contribution in [0.25, 0.3) is 11.1 Å². The lowest BCUT2D eigenvalue weighted by Gasteiger charge is -2.26. The maximum Gasteiger partial charge on any atom is 0.180 e. The van der Waals surface area contributed by atoms with E-state index in [1.54, 1.807) is 11.3 Å². The number of aromatic nitrogens is 1. The second-order valence-corrected chi connectivity index (χ2v) is 7.06. The molecule has 116 valence electrons. The van der Waals surface area contributed by atoms with E-state index in [2.05, 4.69) is 64.5 Å². The molecule has 1 aromatic heterocycles. The van der Waals surface area contributed by atoms with Crippen LogP contribution in [-0.4, -0.2) is 16.4 Å². The van der Waals surface area contributed by atoms with Crippen LogP contribution >= 0.6 is 11.3 Å². The second kappa shape index (κ2) is 6.14. The zero-order valence-electron chi connectivity index (χ0n) is 12.9. The summed E-state index contributed by atoms with van der Waals surface area (Å²) in [6.07, 6.45) is 1.00. The van der Waals surface area contributed by atoms with Gasteiger partial charge in [-0.3, -0.25) is 4.90 Å². The molecule has 0 saturated carbocycles. The molecule has 23 heavy (non-hydrogen) atoms. The van der Waals surface area contributed by atoms with Crippen molar-refractivity contribution in [3.8, 4) is 11.1 Å². The van der Waals surface area contributed by atoms with E-state index < -0.39 is 0 Å². The summed E-state index contributed by atoms with van der Waals surface area (Å²) in [5.74, 6) is 0. The number of anilines is 1. The van der Waals surface area contributed by atoms with Crippen molar-refractivity contribution in [2.45, 2.75) is 19.5 Å². The molecule has 0 aliphatic carbocycles. The predicted octanol–water partition coefficient (Wildman–Crippen LogP) is 3.95. The Balaban J connectivity index is 1.52. The fraction of sp³-hybridized carbons (Fsp3) is 0.211. The molecule has 2 N–H and O–H groups in total. The van der Waals surface area contributed by atoms with Crippen LogP contribution in [0, 0.1) is 0 Å². The van der Waals surface area contributed by atoms with Crippen molar-refractivity contribution in [2.24, 2.45) is 0 Å². The molecule has 3 aromatic rings. The Morgan fingerprint density at radius 1 is 1.04 bits per heavy atom. The summed E-state index contributed by atoms with van der Waals surface area (Å²) in [6.45, 7) is 2.98. The molecular weight excluding hydrogens is 302 g/mol. The number of thiazole rings is 1. The van der Waals surface area contributed by atoms with Gasteiger partial charge >= 0.3 is 0 Å². The van der Waals surface area contributed by atoms with Gasteiger partial charge in [-0.15, -0.1) is 11.3 Å². The molecule has 0 unspecified atom stereocenters. The van der Waals surface area contributed by atoms with Gasteiger partial charge in [0.25, 0.3) is 0 Å². The van der Waals surface area contributed by atoms with Crippen LogP contribution in [-0.2, 0) is 19.5 Å². The fourth-order valence-electron chi connectivity index (χ4n) is 3.14. The van der Waals surface area contributed by atoms with Gasteiger partial charge in [-0.2, -0.15) is 0 Å². The molecule has 0 atom stereocenters. The minimum absolute atomic E-state index is 0.697. The second-order valence-electron chi connectivity index (χ2n) is 5.95. The summed E-state index contributed by atoms with van der Waals surface area (Å²) < 4.78 is 0. The molecule has 2 aromatic carbocycles. The van der Waals surface area contributed by atoms with Crippen LogP contribution in [0.1, 0.15) is 16.1 Å². The summed E-state index contributed by atoms with van der Waals surface area (Å²) in [7, 11) is 0. The van der Waals surface area contributed by atoms with E-state index in [4.69, 9.17) is 5.73 Å². The van der Waals surface area contributed by atoms with Gasteiger partial charge in [0.2, 0.25) is 0 Å². The van der Waals surface area contributed by atoms with E-state index in [0.717, 1.165) is 26.1 Å². The highest BCUT2D eigenvalue weighted by Crippen LogP contribution is 2.28. The number of benzene rings is 2.